The van der Waals surface area contributed by atoms with E-state index in [1.165, 1.54) is 0 Å². The predicted octanol–water partition coefficient (Wildman–Crippen LogP) is -0.225. The van der Waals surface area contributed by atoms with Crippen LogP contribution in [0.25, 0.3) is 0 Å². The normalized spacial score (nSPS) is 6.86. The lowest BCUT2D eigenvalue weighted by molar-refractivity contribution is -0.408. The van der Waals surface area contributed by atoms with Crippen molar-refractivity contribution in [3.63, 3.8) is 0 Å². The molecule has 0 atom stereocenters. The Morgan fingerprint density at radius 3 is 0.857 bits per heavy atom. The summed E-state index contributed by atoms with van der Waals surface area (Å²) in [4.78, 5) is 16.0. The fourth-order valence-electron chi connectivity index (χ4n) is 0. The fourth-order valence-corrected chi connectivity index (χ4v) is 0. The Bertz CT molecular complexity index is 82.3. The van der Waals surface area contributed by atoms with E-state index in [9.17, 15) is 0 Å². The van der Waals surface area contributed by atoms with Crippen LogP contribution < -0.4 is 11.5 Å². The van der Waals surface area contributed by atoms with E-state index in [1.54, 1.807) is 0 Å². The average Bonchev–Trinajstić information content (AvgIpc) is 1.85. The molecule has 0 rings (SSSR count). The number of hydrogen-bond donors (Lipinski definition) is 2. The summed E-state index contributed by atoms with van der Waals surface area (Å²) in [5.74, 6) is 0. The van der Waals surface area contributed by atoms with Crippen molar-refractivity contribution >= 4 is 0 Å². The summed E-state index contributed by atoms with van der Waals surface area (Å²) >= 11 is 0. The summed E-state index contributed by atoms with van der Waals surface area (Å²) in [6.07, 6.45) is 0. The molecule has 0 radical (unpaired) electrons. The third-order valence-corrected chi connectivity index (χ3v) is 0. The lowest BCUT2D eigenvalue weighted by Gasteiger charge is -1.77. The van der Waals surface area contributed by atoms with Crippen LogP contribution in [0.15, 0.2) is 10.7 Å². The van der Waals surface area contributed by atoms with E-state index in [1.807, 2.05) is 0 Å². The van der Waals surface area contributed by atoms with Crippen LogP contribution in [0, 0.1) is 20.2 Å². The molecule has 0 bridgehead atoms. The molecule has 0 aliphatic rings. The highest BCUT2D eigenvalue weighted by Crippen LogP contribution is 1.53. The molecule has 8 nitrogen and oxygen atoms in total. The van der Waals surface area contributed by atoms with E-state index < -0.39 is 0 Å². The van der Waals surface area contributed by atoms with E-state index in [-0.39, 0.29) is 0 Å². The van der Waals surface area contributed by atoms with Crippen LogP contribution >= 0.6 is 0 Å². The molecule has 8 heteroatoms. The van der Waals surface area contributed by atoms with Crippen molar-refractivity contribution in [2.45, 2.75) is 39.8 Å². The minimum absolute atomic E-state index is 0.583. The Hall–Kier alpha value is -1.28. The van der Waals surface area contributed by atoms with Crippen LogP contribution in [0.1, 0.15) is 27.7 Å². The Morgan fingerprint density at radius 1 is 0.857 bits per heavy atom. The molecule has 0 aromatic carbocycles. The Morgan fingerprint density at radius 2 is 0.857 bits per heavy atom. The van der Waals surface area contributed by atoms with Gasteiger partial charge >= 0.3 is 0 Å². The number of quaternary nitrogens is 2. The molecule has 0 unspecified atom stereocenters. The molecule has 0 aliphatic carbocycles. The van der Waals surface area contributed by atoms with Gasteiger partial charge in [0.15, 0.2) is 0 Å². The smallest absolute Gasteiger partial charge is 0.0786 e. The minimum atomic E-state index is 0.583. The van der Waals surface area contributed by atoms with Gasteiger partial charge in [-0.3, -0.25) is 0 Å². The maximum absolute atomic E-state index is 8.00. The van der Waals surface area contributed by atoms with Gasteiger partial charge in [-0.25, -0.2) is 0 Å². The van der Waals surface area contributed by atoms with Crippen molar-refractivity contribution in [1.82, 2.24) is 0 Å². The van der Waals surface area contributed by atoms with Crippen LogP contribution in [0.4, 0.5) is 0 Å². The van der Waals surface area contributed by atoms with Crippen LogP contribution in [0.2, 0.25) is 0 Å². The molecule has 0 aromatic heterocycles. The lowest BCUT2D eigenvalue weighted by Crippen LogP contribution is -2.57. The Labute approximate surface area is 83.1 Å². The highest BCUT2D eigenvalue weighted by atomic mass is 16.6. The standard InChI is InChI=1S/2C3H9N.2HNO2/c2*1-3(2)4;2*2-1-3/h2*3H,4H2,1-2H3;2*(H,2,3). The first-order valence-corrected chi connectivity index (χ1v) is 3.86. The molecule has 0 heterocycles. The van der Waals surface area contributed by atoms with Crippen molar-refractivity contribution in [2.75, 3.05) is 0 Å². The first kappa shape index (κ1) is 23.0. The van der Waals surface area contributed by atoms with Gasteiger partial charge in [-0.2, -0.15) is 0 Å². The topological polar surface area (TPSA) is 160 Å². The summed E-state index contributed by atoms with van der Waals surface area (Å²) in [7, 11) is 0. The first-order chi connectivity index (χ1) is 6.29. The highest BCUT2D eigenvalue weighted by molar-refractivity contribution is 4.21. The van der Waals surface area contributed by atoms with E-state index >= 15 is 0 Å². The summed E-state index contributed by atoms with van der Waals surface area (Å²) in [6, 6.07) is 1.17. The lowest BCUT2D eigenvalue weighted by atomic mass is 10.4. The number of hydrogen-bond acceptors (Lipinski definition) is 6. The number of nitrogens with zero attached hydrogens (tertiary/aromatic N) is 2. The molecule has 0 aliphatic heterocycles. The summed E-state index contributed by atoms with van der Waals surface area (Å²) in [5.41, 5.74) is 7.28. The van der Waals surface area contributed by atoms with E-state index in [0.29, 0.717) is 12.1 Å². The quantitative estimate of drug-likeness (QED) is 0.419. The summed E-state index contributed by atoms with van der Waals surface area (Å²) in [6.45, 7) is 8.22. The van der Waals surface area contributed by atoms with Crippen LogP contribution in [-0.4, -0.2) is 12.1 Å². The molecule has 0 fully saturated rings. The Balaban J connectivity index is -0.0000000482. The van der Waals surface area contributed by atoms with Crippen molar-refractivity contribution in [2.24, 2.45) is 10.7 Å². The van der Waals surface area contributed by atoms with Gasteiger partial charge in [0.2, 0.25) is 0 Å². The van der Waals surface area contributed by atoms with Crippen molar-refractivity contribution in [3.8, 4) is 0 Å². The van der Waals surface area contributed by atoms with Crippen molar-refractivity contribution in [3.05, 3.63) is 20.2 Å². The molecule has 88 valence electrons. The molecule has 0 spiro atoms. The van der Waals surface area contributed by atoms with Gasteiger partial charge in [-0.15, -0.1) is 10.7 Å². The van der Waals surface area contributed by atoms with Crippen LogP contribution in [0.5, 0.6) is 0 Å². The predicted molar refractivity (Wildman–Crippen MR) is 54.4 cm³/mol. The molecule has 6 N–H and O–H groups in total. The summed E-state index contributed by atoms with van der Waals surface area (Å²) < 4.78 is 0. The van der Waals surface area contributed by atoms with Gasteiger partial charge in [0.25, 0.3) is 0 Å². The van der Waals surface area contributed by atoms with E-state index in [0.717, 1.165) is 10.7 Å². The summed E-state index contributed by atoms with van der Waals surface area (Å²) in [5, 5.41) is 18.0. The molecular weight excluding hydrogens is 192 g/mol. The Kier molecular flexibility index (Phi) is 49.0. The van der Waals surface area contributed by atoms with E-state index in [4.69, 9.17) is 20.2 Å². The second-order valence-electron chi connectivity index (χ2n) is 2.94. The van der Waals surface area contributed by atoms with Gasteiger partial charge < -0.3 is 31.7 Å². The van der Waals surface area contributed by atoms with Gasteiger partial charge in [-0.1, -0.05) is 0 Å². The molecule has 0 saturated heterocycles. The van der Waals surface area contributed by atoms with Gasteiger partial charge in [0, 0.05) is 0 Å². The zero-order valence-corrected chi connectivity index (χ0v) is 9.10. The molecular formula is C6H20N4O4. The van der Waals surface area contributed by atoms with Gasteiger partial charge in [-0.05, 0) is 27.7 Å². The molecule has 0 aromatic rings. The van der Waals surface area contributed by atoms with Crippen molar-refractivity contribution < 1.29 is 11.5 Å². The van der Waals surface area contributed by atoms with E-state index in [2.05, 4.69) is 39.2 Å². The second-order valence-corrected chi connectivity index (χ2v) is 2.94. The molecule has 0 amide bonds. The average molecular weight is 212 g/mol. The largest absolute Gasteiger partial charge is 0.444 e. The zero-order chi connectivity index (χ0) is 12.6. The van der Waals surface area contributed by atoms with Crippen LogP contribution in [0.3, 0.4) is 0 Å². The van der Waals surface area contributed by atoms with Gasteiger partial charge in [0.05, 0.1) is 12.1 Å². The van der Waals surface area contributed by atoms with Crippen LogP contribution in [-0.2, 0) is 0 Å². The molecule has 0 saturated carbocycles. The fraction of sp³-hybridized carbons (Fsp3) is 1.00. The van der Waals surface area contributed by atoms with Crippen molar-refractivity contribution in [1.29, 1.82) is 0 Å². The highest BCUT2D eigenvalue weighted by Gasteiger charge is 1.72. The SMILES string of the molecule is CC(C)[NH3+].CC(C)[NH3+].O=N[O-].O=N[O-]. The maximum Gasteiger partial charge on any atom is 0.0786 e. The minimum Gasteiger partial charge on any atom is -0.444 e. The third kappa shape index (κ3) is 618. The zero-order valence-electron chi connectivity index (χ0n) is 9.10. The first-order valence-electron chi connectivity index (χ1n) is 3.86. The second kappa shape index (κ2) is 29.8. The molecule has 14 heavy (non-hydrogen) atoms. The third-order valence-electron chi connectivity index (χ3n) is 0. The monoisotopic (exact) mass is 212 g/mol. The number of rotatable bonds is 0. The maximum atomic E-state index is 8.00. The van der Waals surface area contributed by atoms with Gasteiger partial charge in [0.1, 0.15) is 0 Å².